The van der Waals surface area contributed by atoms with Crippen LogP contribution in [0.5, 0.6) is 5.75 Å². The van der Waals surface area contributed by atoms with Crippen LogP contribution in [-0.4, -0.2) is 30.9 Å². The predicted octanol–water partition coefficient (Wildman–Crippen LogP) is 1.92. The highest BCUT2D eigenvalue weighted by atomic mass is 32.2. The van der Waals surface area contributed by atoms with Gasteiger partial charge in [0.15, 0.2) is 0 Å². The molecule has 1 aliphatic heterocycles. The Morgan fingerprint density at radius 2 is 1.56 bits per heavy atom. The molecule has 1 aromatic rings. The topological polar surface area (TPSA) is 69.6 Å². The fourth-order valence-electron chi connectivity index (χ4n) is 2.02. The third-order valence-electron chi connectivity index (χ3n) is 3.02. The van der Waals surface area contributed by atoms with Crippen molar-refractivity contribution >= 4 is 15.9 Å². The molecule has 2 N–H and O–H groups in total. The quantitative estimate of drug-likeness (QED) is 0.824. The fraction of sp³-hybridized carbons (Fsp3) is 0.500. The zero-order chi connectivity index (χ0) is 13.0. The molecule has 0 bridgehead atoms. The van der Waals surface area contributed by atoms with Crippen molar-refractivity contribution in [3.8, 4) is 5.75 Å². The van der Waals surface area contributed by atoms with E-state index in [0.29, 0.717) is 18.8 Å². The second kappa shape index (κ2) is 5.58. The molecule has 0 unspecified atom stereocenters. The molecule has 0 radical (unpaired) electrons. The average Bonchev–Trinajstić information content (AvgIpc) is 2.61. The lowest BCUT2D eigenvalue weighted by Gasteiger charge is -2.20. The van der Waals surface area contributed by atoms with Crippen molar-refractivity contribution < 1.29 is 13.5 Å². The number of aromatic hydroxyl groups is 1. The number of rotatable bonds is 3. The van der Waals surface area contributed by atoms with Crippen molar-refractivity contribution in [3.63, 3.8) is 0 Å². The normalized spacial score (nSPS) is 18.2. The number of nitrogens with one attached hydrogen (secondary N) is 1. The van der Waals surface area contributed by atoms with Gasteiger partial charge in [0.05, 0.1) is 5.69 Å². The van der Waals surface area contributed by atoms with E-state index in [4.69, 9.17) is 5.11 Å². The van der Waals surface area contributed by atoms with E-state index < -0.39 is 10.2 Å². The van der Waals surface area contributed by atoms with Crippen LogP contribution in [0.4, 0.5) is 5.69 Å². The van der Waals surface area contributed by atoms with Crippen LogP contribution in [-0.2, 0) is 10.2 Å². The lowest BCUT2D eigenvalue weighted by atomic mass is 10.2. The van der Waals surface area contributed by atoms with Gasteiger partial charge in [0.25, 0.3) is 0 Å². The standard InChI is InChI=1S/C12H18N2O3S/c15-12-7-5-11(6-8-12)13-18(16,17)14-9-3-1-2-4-10-14/h5-8,13,15H,1-4,9-10H2. The molecule has 1 fully saturated rings. The fourth-order valence-corrected chi connectivity index (χ4v) is 3.33. The summed E-state index contributed by atoms with van der Waals surface area (Å²) < 4.78 is 28.3. The summed E-state index contributed by atoms with van der Waals surface area (Å²) in [5, 5.41) is 9.15. The zero-order valence-electron chi connectivity index (χ0n) is 10.2. The van der Waals surface area contributed by atoms with Crippen LogP contribution in [0.25, 0.3) is 0 Å². The first-order valence-electron chi connectivity index (χ1n) is 6.15. The van der Waals surface area contributed by atoms with E-state index in [-0.39, 0.29) is 5.75 Å². The lowest BCUT2D eigenvalue weighted by Crippen LogP contribution is -2.36. The predicted molar refractivity (Wildman–Crippen MR) is 70.7 cm³/mol. The maximum Gasteiger partial charge on any atom is 0.301 e. The Labute approximate surface area is 108 Å². The van der Waals surface area contributed by atoms with E-state index in [9.17, 15) is 8.42 Å². The number of benzene rings is 1. The molecular formula is C12H18N2O3S. The Kier molecular flexibility index (Phi) is 4.08. The van der Waals surface area contributed by atoms with Crippen LogP contribution in [0.2, 0.25) is 0 Å². The Balaban J connectivity index is 2.08. The smallest absolute Gasteiger partial charge is 0.301 e. The number of hydrogen-bond donors (Lipinski definition) is 2. The summed E-state index contributed by atoms with van der Waals surface area (Å²) in [5.74, 6) is 0.118. The van der Waals surface area contributed by atoms with E-state index in [1.807, 2.05) is 0 Å². The molecule has 1 heterocycles. The summed E-state index contributed by atoms with van der Waals surface area (Å²) in [7, 11) is -3.47. The van der Waals surface area contributed by atoms with Gasteiger partial charge in [0, 0.05) is 13.1 Å². The van der Waals surface area contributed by atoms with E-state index in [1.54, 1.807) is 12.1 Å². The number of anilines is 1. The molecule has 1 aliphatic rings. The molecule has 0 saturated carbocycles. The summed E-state index contributed by atoms with van der Waals surface area (Å²) in [4.78, 5) is 0. The van der Waals surface area contributed by atoms with E-state index >= 15 is 0 Å². The molecule has 0 spiro atoms. The van der Waals surface area contributed by atoms with Gasteiger partial charge in [-0.05, 0) is 37.1 Å². The van der Waals surface area contributed by atoms with Gasteiger partial charge >= 0.3 is 10.2 Å². The minimum absolute atomic E-state index is 0.118. The van der Waals surface area contributed by atoms with Crippen molar-refractivity contribution in [2.45, 2.75) is 25.7 Å². The molecule has 0 aliphatic carbocycles. The second-order valence-corrected chi connectivity index (χ2v) is 6.14. The van der Waals surface area contributed by atoms with Gasteiger partial charge < -0.3 is 5.11 Å². The highest BCUT2D eigenvalue weighted by molar-refractivity contribution is 7.90. The maximum atomic E-state index is 12.1. The second-order valence-electron chi connectivity index (χ2n) is 4.47. The first-order chi connectivity index (χ1) is 8.58. The average molecular weight is 270 g/mol. The Bertz CT molecular complexity index is 477. The van der Waals surface area contributed by atoms with Gasteiger partial charge in [-0.3, -0.25) is 4.72 Å². The molecular weight excluding hydrogens is 252 g/mol. The number of phenols is 1. The molecule has 2 rings (SSSR count). The summed E-state index contributed by atoms with van der Waals surface area (Å²) >= 11 is 0. The van der Waals surface area contributed by atoms with Crippen LogP contribution in [0.15, 0.2) is 24.3 Å². The Morgan fingerprint density at radius 3 is 2.11 bits per heavy atom. The third kappa shape index (κ3) is 3.36. The Morgan fingerprint density at radius 1 is 1.00 bits per heavy atom. The third-order valence-corrected chi connectivity index (χ3v) is 4.56. The molecule has 6 heteroatoms. The van der Waals surface area contributed by atoms with E-state index in [2.05, 4.69) is 4.72 Å². The summed E-state index contributed by atoms with van der Waals surface area (Å²) in [6.45, 7) is 1.15. The van der Waals surface area contributed by atoms with Crippen molar-refractivity contribution in [3.05, 3.63) is 24.3 Å². The molecule has 0 atom stereocenters. The van der Waals surface area contributed by atoms with Crippen LogP contribution in [0.1, 0.15) is 25.7 Å². The van der Waals surface area contributed by atoms with Crippen molar-refractivity contribution in [2.75, 3.05) is 17.8 Å². The van der Waals surface area contributed by atoms with Gasteiger partial charge in [0.1, 0.15) is 5.75 Å². The van der Waals surface area contributed by atoms with Gasteiger partial charge in [-0.25, -0.2) is 0 Å². The molecule has 0 aromatic heterocycles. The SMILES string of the molecule is O=S(=O)(Nc1ccc(O)cc1)N1CCCCCC1. The number of phenolic OH excluding ortho intramolecular Hbond substituents is 1. The van der Waals surface area contributed by atoms with Gasteiger partial charge in [-0.15, -0.1) is 0 Å². The lowest BCUT2D eigenvalue weighted by molar-refractivity contribution is 0.427. The van der Waals surface area contributed by atoms with Crippen LogP contribution in [0.3, 0.4) is 0 Å². The van der Waals surface area contributed by atoms with Gasteiger partial charge in [0.2, 0.25) is 0 Å². The van der Waals surface area contributed by atoms with Crippen LogP contribution < -0.4 is 4.72 Å². The zero-order valence-corrected chi connectivity index (χ0v) is 11.0. The first kappa shape index (κ1) is 13.2. The van der Waals surface area contributed by atoms with Crippen molar-refractivity contribution in [1.29, 1.82) is 0 Å². The summed E-state index contributed by atoms with van der Waals surface area (Å²) in [5.41, 5.74) is 0.469. The van der Waals surface area contributed by atoms with E-state index in [0.717, 1.165) is 25.7 Å². The molecule has 1 aromatic carbocycles. The highest BCUT2D eigenvalue weighted by Crippen LogP contribution is 2.18. The molecule has 1 saturated heterocycles. The largest absolute Gasteiger partial charge is 0.508 e. The molecule has 18 heavy (non-hydrogen) atoms. The van der Waals surface area contributed by atoms with Crippen LogP contribution >= 0.6 is 0 Å². The minimum Gasteiger partial charge on any atom is -0.508 e. The van der Waals surface area contributed by atoms with Crippen molar-refractivity contribution in [1.82, 2.24) is 4.31 Å². The minimum atomic E-state index is -3.47. The van der Waals surface area contributed by atoms with Crippen LogP contribution in [0, 0.1) is 0 Å². The first-order valence-corrected chi connectivity index (χ1v) is 7.59. The molecule has 100 valence electrons. The summed E-state index contributed by atoms with van der Waals surface area (Å²) in [6, 6.07) is 6.01. The number of nitrogens with zero attached hydrogens (tertiary/aromatic N) is 1. The maximum absolute atomic E-state index is 12.1. The Hall–Kier alpha value is -1.27. The highest BCUT2D eigenvalue weighted by Gasteiger charge is 2.22. The van der Waals surface area contributed by atoms with Gasteiger partial charge in [-0.1, -0.05) is 12.8 Å². The monoisotopic (exact) mass is 270 g/mol. The molecule has 0 amide bonds. The molecule has 5 nitrogen and oxygen atoms in total. The summed E-state index contributed by atoms with van der Waals surface area (Å²) in [6.07, 6.45) is 4.00. The van der Waals surface area contributed by atoms with E-state index in [1.165, 1.54) is 16.4 Å². The number of hydrogen-bond acceptors (Lipinski definition) is 3. The van der Waals surface area contributed by atoms with Gasteiger partial charge in [-0.2, -0.15) is 12.7 Å². The van der Waals surface area contributed by atoms with Crippen molar-refractivity contribution in [2.24, 2.45) is 0 Å².